The Morgan fingerprint density at radius 2 is 1.42 bits per heavy atom. The van der Waals surface area contributed by atoms with Gasteiger partial charge in [0.25, 0.3) is 10.0 Å². The van der Waals surface area contributed by atoms with E-state index in [0.29, 0.717) is 29.1 Å². The fraction of sp³-hybridized carbons (Fsp3) is 0.125. The highest BCUT2D eigenvalue weighted by Crippen LogP contribution is 2.25. The molecule has 33 heavy (non-hydrogen) atoms. The summed E-state index contributed by atoms with van der Waals surface area (Å²) < 4.78 is 28.6. The van der Waals surface area contributed by atoms with Crippen molar-refractivity contribution in [1.82, 2.24) is 9.97 Å². The summed E-state index contributed by atoms with van der Waals surface area (Å²) in [4.78, 5) is 20.3. The van der Waals surface area contributed by atoms with Gasteiger partial charge in [0.2, 0.25) is 5.91 Å². The number of para-hydroxylation sites is 2. The Bertz CT molecular complexity index is 1370. The molecule has 1 aromatic heterocycles. The molecule has 0 aliphatic heterocycles. The zero-order chi connectivity index (χ0) is 23.3. The number of aromatic nitrogens is 2. The summed E-state index contributed by atoms with van der Waals surface area (Å²) in [5.74, 6) is 0.233. The van der Waals surface area contributed by atoms with E-state index in [4.69, 9.17) is 0 Å². The van der Waals surface area contributed by atoms with Crippen LogP contribution < -0.4 is 15.4 Å². The molecular weight excluding hydrogens is 438 g/mol. The predicted molar refractivity (Wildman–Crippen MR) is 130 cm³/mol. The van der Waals surface area contributed by atoms with E-state index >= 15 is 0 Å². The zero-order valence-corrected chi connectivity index (χ0v) is 18.8. The minimum atomic E-state index is -3.93. The van der Waals surface area contributed by atoms with Gasteiger partial charge in [0.05, 0.1) is 15.9 Å². The Labute approximate surface area is 192 Å². The number of amides is 1. The Balaban J connectivity index is 1.59. The summed E-state index contributed by atoms with van der Waals surface area (Å²) in [7, 11) is -3.93. The maximum atomic E-state index is 13.0. The molecule has 0 atom stereocenters. The first-order valence-electron chi connectivity index (χ1n) is 10.4. The van der Waals surface area contributed by atoms with Gasteiger partial charge in [0, 0.05) is 19.2 Å². The molecule has 0 unspecified atom stereocenters. The molecule has 1 amide bonds. The molecule has 9 heteroatoms. The van der Waals surface area contributed by atoms with Crippen LogP contribution in [0.3, 0.4) is 0 Å². The topological polar surface area (TPSA) is 113 Å². The molecular formula is C24H23N5O3S. The maximum Gasteiger partial charge on any atom is 0.263 e. The van der Waals surface area contributed by atoms with Gasteiger partial charge in [0.1, 0.15) is 0 Å². The second kappa shape index (κ2) is 9.66. The number of hydrogen-bond acceptors (Lipinski definition) is 6. The number of rotatable bonds is 8. The fourth-order valence-electron chi connectivity index (χ4n) is 3.27. The van der Waals surface area contributed by atoms with Gasteiger partial charge in [-0.15, -0.1) is 0 Å². The van der Waals surface area contributed by atoms with Crippen molar-refractivity contribution in [2.24, 2.45) is 0 Å². The van der Waals surface area contributed by atoms with E-state index in [1.165, 1.54) is 31.2 Å². The van der Waals surface area contributed by atoms with E-state index in [9.17, 15) is 13.2 Å². The minimum absolute atomic E-state index is 0.0433. The van der Waals surface area contributed by atoms with Gasteiger partial charge in [0.15, 0.2) is 11.6 Å². The van der Waals surface area contributed by atoms with Crippen LogP contribution in [0.15, 0.2) is 83.8 Å². The van der Waals surface area contributed by atoms with E-state index in [1.807, 2.05) is 48.5 Å². The Morgan fingerprint density at radius 3 is 2.06 bits per heavy atom. The lowest BCUT2D eigenvalue weighted by Gasteiger charge is -2.14. The number of carbonyl (C=O) groups is 1. The number of hydrogen-bond donors (Lipinski definition) is 3. The van der Waals surface area contributed by atoms with Crippen LogP contribution in [0.2, 0.25) is 0 Å². The molecule has 0 aliphatic rings. The first-order valence-corrected chi connectivity index (χ1v) is 11.8. The number of nitrogens with one attached hydrogen (secondary N) is 3. The molecule has 0 saturated carbocycles. The van der Waals surface area contributed by atoms with Crippen LogP contribution in [0, 0.1) is 0 Å². The SMILES string of the molecule is CC(=O)Nc1ccc(S(=O)(=O)Nc2nc3ccccc3nc2NCCc2ccccc2)cc1. The molecule has 0 aliphatic carbocycles. The monoisotopic (exact) mass is 461 g/mol. The molecule has 0 bridgehead atoms. The van der Waals surface area contributed by atoms with Gasteiger partial charge in [-0.3, -0.25) is 9.52 Å². The van der Waals surface area contributed by atoms with Crippen LogP contribution in [0.5, 0.6) is 0 Å². The highest BCUT2D eigenvalue weighted by atomic mass is 32.2. The van der Waals surface area contributed by atoms with Crippen molar-refractivity contribution in [2.45, 2.75) is 18.2 Å². The third kappa shape index (κ3) is 5.64. The third-order valence-electron chi connectivity index (χ3n) is 4.84. The van der Waals surface area contributed by atoms with Crippen molar-refractivity contribution in [3.05, 3.63) is 84.4 Å². The molecule has 0 spiro atoms. The maximum absolute atomic E-state index is 13.0. The summed E-state index contributed by atoms with van der Waals surface area (Å²) >= 11 is 0. The molecule has 0 radical (unpaired) electrons. The van der Waals surface area contributed by atoms with E-state index in [2.05, 4.69) is 25.3 Å². The van der Waals surface area contributed by atoms with Gasteiger partial charge < -0.3 is 10.6 Å². The van der Waals surface area contributed by atoms with Gasteiger partial charge >= 0.3 is 0 Å². The third-order valence-corrected chi connectivity index (χ3v) is 6.19. The second-order valence-corrected chi connectivity index (χ2v) is 9.07. The van der Waals surface area contributed by atoms with Gasteiger partial charge in [-0.25, -0.2) is 18.4 Å². The molecule has 8 nitrogen and oxygen atoms in total. The highest BCUT2D eigenvalue weighted by Gasteiger charge is 2.19. The van der Waals surface area contributed by atoms with Gasteiger partial charge in [-0.05, 0) is 48.4 Å². The standard InChI is InChI=1S/C24H23N5O3S/c1-17(30)26-19-11-13-20(14-12-19)33(31,32)29-24-23(25-16-15-18-7-3-2-4-8-18)27-21-9-5-6-10-22(21)28-24/h2-14H,15-16H2,1H3,(H,25,27)(H,26,30)(H,28,29). The number of fused-ring (bicyclic) bond motifs is 1. The molecule has 168 valence electrons. The Morgan fingerprint density at radius 1 is 0.818 bits per heavy atom. The minimum Gasteiger partial charge on any atom is -0.367 e. The summed E-state index contributed by atoms with van der Waals surface area (Å²) in [5, 5.41) is 5.82. The zero-order valence-electron chi connectivity index (χ0n) is 17.9. The van der Waals surface area contributed by atoms with E-state index in [-0.39, 0.29) is 16.6 Å². The molecule has 0 fully saturated rings. The smallest absolute Gasteiger partial charge is 0.263 e. The normalized spacial score (nSPS) is 11.2. The summed E-state index contributed by atoms with van der Waals surface area (Å²) in [6.45, 7) is 1.94. The van der Waals surface area contributed by atoms with Crippen molar-refractivity contribution < 1.29 is 13.2 Å². The first kappa shape index (κ1) is 22.2. The summed E-state index contributed by atoms with van der Waals surface area (Å²) in [6, 6.07) is 23.1. The number of nitrogens with zero attached hydrogens (tertiary/aromatic N) is 2. The number of benzene rings is 3. The lowest BCUT2D eigenvalue weighted by atomic mass is 10.1. The molecule has 1 heterocycles. The number of sulfonamides is 1. The van der Waals surface area contributed by atoms with Crippen molar-refractivity contribution in [1.29, 1.82) is 0 Å². The summed E-state index contributed by atoms with van der Waals surface area (Å²) in [5.41, 5.74) is 2.89. The highest BCUT2D eigenvalue weighted by molar-refractivity contribution is 7.92. The van der Waals surface area contributed by atoms with E-state index < -0.39 is 10.0 Å². The van der Waals surface area contributed by atoms with Gasteiger partial charge in [-0.1, -0.05) is 42.5 Å². The van der Waals surface area contributed by atoms with Crippen molar-refractivity contribution >= 4 is 44.3 Å². The van der Waals surface area contributed by atoms with Crippen LogP contribution in [-0.2, 0) is 21.2 Å². The molecule has 3 N–H and O–H groups in total. The fourth-order valence-corrected chi connectivity index (χ4v) is 4.28. The lowest BCUT2D eigenvalue weighted by molar-refractivity contribution is -0.114. The average Bonchev–Trinajstić information content (AvgIpc) is 2.80. The van der Waals surface area contributed by atoms with E-state index in [1.54, 1.807) is 6.07 Å². The van der Waals surface area contributed by atoms with Crippen molar-refractivity contribution in [2.75, 3.05) is 21.9 Å². The summed E-state index contributed by atoms with van der Waals surface area (Å²) in [6.07, 6.45) is 0.742. The van der Waals surface area contributed by atoms with Crippen LogP contribution >= 0.6 is 0 Å². The van der Waals surface area contributed by atoms with Crippen LogP contribution in [-0.4, -0.2) is 30.8 Å². The van der Waals surface area contributed by atoms with Gasteiger partial charge in [-0.2, -0.15) is 0 Å². The molecule has 3 aromatic carbocycles. The predicted octanol–water partition coefficient (Wildman–Crippen LogP) is 4.04. The van der Waals surface area contributed by atoms with E-state index in [0.717, 1.165) is 12.0 Å². The van der Waals surface area contributed by atoms with Crippen molar-refractivity contribution in [3.8, 4) is 0 Å². The van der Waals surface area contributed by atoms with Crippen LogP contribution in [0.1, 0.15) is 12.5 Å². The lowest BCUT2D eigenvalue weighted by Crippen LogP contribution is -2.17. The average molecular weight is 462 g/mol. The van der Waals surface area contributed by atoms with Crippen LogP contribution in [0.4, 0.5) is 17.3 Å². The largest absolute Gasteiger partial charge is 0.367 e. The molecule has 4 aromatic rings. The number of anilines is 3. The molecule has 0 saturated heterocycles. The second-order valence-electron chi connectivity index (χ2n) is 7.38. The Hall–Kier alpha value is -3.98. The number of carbonyl (C=O) groups excluding carboxylic acids is 1. The molecule has 4 rings (SSSR count). The van der Waals surface area contributed by atoms with Crippen LogP contribution in [0.25, 0.3) is 11.0 Å². The quantitative estimate of drug-likeness (QED) is 0.365. The first-order chi connectivity index (χ1) is 15.9. The van der Waals surface area contributed by atoms with Crippen molar-refractivity contribution in [3.63, 3.8) is 0 Å². The Kier molecular flexibility index (Phi) is 6.50.